The van der Waals surface area contributed by atoms with Crippen molar-refractivity contribution >= 4 is 15.6 Å². The Balaban J connectivity index is 3.76. The van der Waals surface area contributed by atoms with Crippen LogP contribution in [0.2, 0.25) is 0 Å². The fraction of sp³-hybridized carbons (Fsp3) is 0.923. The highest BCUT2D eigenvalue weighted by Gasteiger charge is 2.15. The van der Waals surface area contributed by atoms with E-state index in [0.717, 1.165) is 30.4 Å². The van der Waals surface area contributed by atoms with Gasteiger partial charge in [-0.3, -0.25) is 4.79 Å². The topological polar surface area (TPSA) is 51.2 Å². The van der Waals surface area contributed by atoms with Gasteiger partial charge in [0.05, 0.1) is 32.9 Å². The van der Waals surface area contributed by atoms with Gasteiger partial charge in [-0.05, 0) is 12.8 Å². The van der Waals surface area contributed by atoms with Gasteiger partial charge in [0.1, 0.15) is 15.6 Å². The van der Waals surface area contributed by atoms with Gasteiger partial charge >= 0.3 is 0 Å². The third-order valence-electron chi connectivity index (χ3n) is 3.14. The number of unbranched alkanes of at least 4 members (excludes halogenated alkanes) is 1. The lowest BCUT2D eigenvalue weighted by Crippen LogP contribution is -2.41. The SMILES string of the molecule is CCC(=O)CCCC[N+](C)(C)CCCS(C)(=O)=O. The van der Waals surface area contributed by atoms with Crippen LogP contribution in [0.15, 0.2) is 0 Å². The van der Waals surface area contributed by atoms with Crippen molar-refractivity contribution in [3.8, 4) is 0 Å². The van der Waals surface area contributed by atoms with E-state index in [9.17, 15) is 13.2 Å². The van der Waals surface area contributed by atoms with Crippen molar-refractivity contribution in [2.24, 2.45) is 0 Å². The molecule has 0 aromatic carbocycles. The van der Waals surface area contributed by atoms with Gasteiger partial charge in [-0.15, -0.1) is 0 Å². The summed E-state index contributed by atoms with van der Waals surface area (Å²) in [4.78, 5) is 11.1. The van der Waals surface area contributed by atoms with E-state index in [2.05, 4.69) is 14.1 Å². The third-order valence-corrected chi connectivity index (χ3v) is 4.17. The number of hydrogen-bond donors (Lipinski definition) is 0. The van der Waals surface area contributed by atoms with Crippen LogP contribution < -0.4 is 0 Å². The Bertz CT molecular complexity index is 347. The average Bonchev–Trinajstić information content (AvgIpc) is 2.21. The summed E-state index contributed by atoms with van der Waals surface area (Å²) in [5.74, 6) is 0.598. The molecule has 108 valence electrons. The van der Waals surface area contributed by atoms with Gasteiger partial charge < -0.3 is 4.48 Å². The second-order valence-corrected chi connectivity index (χ2v) is 7.98. The van der Waals surface area contributed by atoms with E-state index in [-0.39, 0.29) is 5.75 Å². The van der Waals surface area contributed by atoms with Gasteiger partial charge in [-0.1, -0.05) is 6.92 Å². The Morgan fingerprint density at radius 3 is 2.11 bits per heavy atom. The number of hydrogen-bond acceptors (Lipinski definition) is 3. The lowest BCUT2D eigenvalue weighted by molar-refractivity contribution is -0.890. The van der Waals surface area contributed by atoms with Gasteiger partial charge in [-0.2, -0.15) is 0 Å². The monoisotopic (exact) mass is 278 g/mol. The molecule has 0 rings (SSSR count). The minimum absolute atomic E-state index is 0.267. The molecule has 0 aliphatic carbocycles. The molecule has 0 saturated heterocycles. The first kappa shape index (κ1) is 17.6. The molecular formula is C13H28NO3S+. The molecule has 0 saturated carbocycles. The zero-order chi connectivity index (χ0) is 14.2. The normalized spacial score (nSPS) is 12.7. The van der Waals surface area contributed by atoms with E-state index in [1.165, 1.54) is 6.26 Å². The Morgan fingerprint density at radius 2 is 1.61 bits per heavy atom. The maximum absolute atomic E-state index is 11.1. The molecule has 0 atom stereocenters. The number of carbonyl (C=O) groups is 1. The summed E-state index contributed by atoms with van der Waals surface area (Å²) < 4.78 is 22.9. The molecular weight excluding hydrogens is 250 g/mol. The first-order valence-corrected chi connectivity index (χ1v) is 8.74. The van der Waals surface area contributed by atoms with Gasteiger partial charge in [0.25, 0.3) is 0 Å². The number of nitrogens with zero attached hydrogens (tertiary/aromatic N) is 1. The van der Waals surface area contributed by atoms with Crippen LogP contribution in [0.3, 0.4) is 0 Å². The van der Waals surface area contributed by atoms with Crippen LogP contribution in [-0.2, 0) is 14.6 Å². The molecule has 0 aliphatic rings. The fourth-order valence-electron chi connectivity index (χ4n) is 1.91. The second kappa shape index (κ2) is 7.89. The first-order valence-electron chi connectivity index (χ1n) is 6.68. The fourth-order valence-corrected chi connectivity index (χ4v) is 2.56. The van der Waals surface area contributed by atoms with Gasteiger partial charge in [0, 0.05) is 25.5 Å². The third kappa shape index (κ3) is 10.7. The first-order chi connectivity index (χ1) is 8.16. The molecule has 4 nitrogen and oxygen atoms in total. The maximum Gasteiger partial charge on any atom is 0.147 e. The molecule has 0 fully saturated rings. The lowest BCUT2D eigenvalue weighted by atomic mass is 10.1. The van der Waals surface area contributed by atoms with Crippen LogP contribution in [0.25, 0.3) is 0 Å². The summed E-state index contributed by atoms with van der Waals surface area (Å²) in [6.45, 7) is 3.77. The summed E-state index contributed by atoms with van der Waals surface area (Å²) in [7, 11) is 1.39. The lowest BCUT2D eigenvalue weighted by Gasteiger charge is -2.29. The van der Waals surface area contributed by atoms with E-state index < -0.39 is 9.84 Å². The highest BCUT2D eigenvalue weighted by molar-refractivity contribution is 7.90. The number of carbonyl (C=O) groups excluding carboxylic acids is 1. The van der Waals surface area contributed by atoms with Crippen LogP contribution in [0, 0.1) is 0 Å². The van der Waals surface area contributed by atoms with Crippen LogP contribution in [0.4, 0.5) is 0 Å². The van der Waals surface area contributed by atoms with E-state index >= 15 is 0 Å². The number of ketones is 1. The minimum atomic E-state index is -2.84. The van der Waals surface area contributed by atoms with E-state index in [0.29, 0.717) is 25.0 Å². The zero-order valence-corrected chi connectivity index (χ0v) is 13.1. The summed E-state index contributed by atoms with van der Waals surface area (Å²) in [6, 6.07) is 0. The Hall–Kier alpha value is -0.420. The Morgan fingerprint density at radius 1 is 1.06 bits per heavy atom. The van der Waals surface area contributed by atoms with Crippen LogP contribution >= 0.6 is 0 Å². The zero-order valence-electron chi connectivity index (χ0n) is 12.2. The van der Waals surface area contributed by atoms with Gasteiger partial charge in [0.15, 0.2) is 0 Å². The summed E-state index contributed by atoms with van der Waals surface area (Å²) in [6.07, 6.45) is 5.27. The average molecular weight is 278 g/mol. The van der Waals surface area contributed by atoms with Gasteiger partial charge in [-0.25, -0.2) is 8.42 Å². The van der Waals surface area contributed by atoms with Crippen LogP contribution in [0.5, 0.6) is 0 Å². The number of quaternary nitrogens is 1. The maximum atomic E-state index is 11.1. The number of Topliss-reactive ketones (excluding diaryl/α,β-unsaturated/α-hetero) is 1. The molecule has 0 radical (unpaired) electrons. The summed E-state index contributed by atoms with van der Waals surface area (Å²) in [5.41, 5.74) is 0. The molecule has 0 aromatic rings. The molecule has 18 heavy (non-hydrogen) atoms. The Labute approximate surface area is 112 Å². The molecule has 0 N–H and O–H groups in total. The van der Waals surface area contributed by atoms with E-state index in [1.807, 2.05) is 6.92 Å². The molecule has 0 aromatic heterocycles. The van der Waals surface area contributed by atoms with E-state index in [4.69, 9.17) is 0 Å². The minimum Gasteiger partial charge on any atom is -0.328 e. The molecule has 0 amide bonds. The molecule has 0 unspecified atom stereocenters. The highest BCUT2D eigenvalue weighted by atomic mass is 32.2. The smallest absolute Gasteiger partial charge is 0.147 e. The molecule has 5 heteroatoms. The van der Waals surface area contributed by atoms with Crippen molar-refractivity contribution in [3.63, 3.8) is 0 Å². The van der Waals surface area contributed by atoms with Crippen molar-refractivity contribution in [3.05, 3.63) is 0 Å². The number of sulfone groups is 1. The standard InChI is InChI=1S/C13H28NO3S/c1-5-13(15)9-6-7-10-14(2,3)11-8-12-18(4,16)17/h5-12H2,1-4H3/q+1. The molecule has 0 spiro atoms. The second-order valence-electron chi connectivity index (χ2n) is 5.72. The van der Waals surface area contributed by atoms with Crippen molar-refractivity contribution in [2.45, 2.75) is 39.0 Å². The summed E-state index contributed by atoms with van der Waals surface area (Å²) in [5, 5.41) is 0. The van der Waals surface area contributed by atoms with Crippen LogP contribution in [-0.4, -0.2) is 57.9 Å². The van der Waals surface area contributed by atoms with Gasteiger partial charge in [0.2, 0.25) is 0 Å². The van der Waals surface area contributed by atoms with Crippen LogP contribution in [0.1, 0.15) is 39.0 Å². The van der Waals surface area contributed by atoms with Crippen molar-refractivity contribution in [2.75, 3.05) is 39.2 Å². The van der Waals surface area contributed by atoms with E-state index in [1.54, 1.807) is 0 Å². The molecule has 0 bridgehead atoms. The predicted molar refractivity (Wildman–Crippen MR) is 75.3 cm³/mol. The van der Waals surface area contributed by atoms with Crippen molar-refractivity contribution in [1.29, 1.82) is 0 Å². The quantitative estimate of drug-likeness (QED) is 0.451. The van der Waals surface area contributed by atoms with Crippen molar-refractivity contribution < 1.29 is 17.7 Å². The molecule has 0 aliphatic heterocycles. The number of rotatable bonds is 10. The predicted octanol–water partition coefficient (Wildman–Crippen LogP) is 1.65. The van der Waals surface area contributed by atoms with Crippen molar-refractivity contribution in [1.82, 2.24) is 0 Å². The Kier molecular flexibility index (Phi) is 7.71. The largest absolute Gasteiger partial charge is 0.328 e. The molecule has 0 heterocycles. The summed E-state index contributed by atoms with van der Waals surface area (Å²) >= 11 is 0. The highest BCUT2D eigenvalue weighted by Crippen LogP contribution is 2.07.